The minimum Gasteiger partial charge on any atom is -0.487 e. The molecule has 0 heterocycles. The van der Waals surface area contributed by atoms with Crippen molar-refractivity contribution in [2.45, 2.75) is 27.0 Å². The van der Waals surface area contributed by atoms with Crippen LogP contribution >= 0.6 is 34.8 Å². The Morgan fingerprint density at radius 1 is 0.852 bits per heavy atom. The highest BCUT2D eigenvalue weighted by atomic mass is 35.5. The standard InChI is InChI=1S/C22H20Cl3NO/c1-14-3-6-16(7-4-14)13-27-22-17(9-19(24)10-20(22)25)12-26-21-11-18(23)8-5-15(21)2/h3-11,26H,12-13H2,1-2H3. The van der Waals surface area contributed by atoms with Gasteiger partial charge in [0.2, 0.25) is 0 Å². The maximum absolute atomic E-state index is 6.41. The van der Waals surface area contributed by atoms with Crippen molar-refractivity contribution in [3.63, 3.8) is 0 Å². The van der Waals surface area contributed by atoms with E-state index in [0.717, 1.165) is 22.4 Å². The number of hydrogen-bond donors (Lipinski definition) is 1. The molecule has 0 aliphatic heterocycles. The number of halogens is 3. The summed E-state index contributed by atoms with van der Waals surface area (Å²) in [6, 6.07) is 17.5. The van der Waals surface area contributed by atoms with Crippen LogP contribution in [0.15, 0.2) is 54.6 Å². The van der Waals surface area contributed by atoms with Gasteiger partial charge >= 0.3 is 0 Å². The average molecular weight is 421 g/mol. The fourth-order valence-electron chi connectivity index (χ4n) is 2.72. The van der Waals surface area contributed by atoms with Crippen LogP contribution in [0.5, 0.6) is 5.75 Å². The second kappa shape index (κ2) is 8.88. The number of ether oxygens (including phenoxy) is 1. The first-order valence-electron chi connectivity index (χ1n) is 8.58. The second-order valence-corrected chi connectivity index (χ2v) is 7.74. The molecule has 2 nitrogen and oxygen atoms in total. The Morgan fingerprint density at radius 3 is 2.33 bits per heavy atom. The van der Waals surface area contributed by atoms with Crippen LogP contribution < -0.4 is 10.1 Å². The van der Waals surface area contributed by atoms with Gasteiger partial charge in [0.1, 0.15) is 12.4 Å². The minimum absolute atomic E-state index is 0.435. The summed E-state index contributed by atoms with van der Waals surface area (Å²) >= 11 is 18.7. The number of rotatable bonds is 6. The summed E-state index contributed by atoms with van der Waals surface area (Å²) in [5.41, 5.74) is 5.25. The Balaban J connectivity index is 1.79. The molecule has 0 bridgehead atoms. The van der Waals surface area contributed by atoms with Gasteiger partial charge < -0.3 is 10.1 Å². The normalized spacial score (nSPS) is 10.7. The quantitative estimate of drug-likeness (QED) is 0.447. The average Bonchev–Trinajstić information content (AvgIpc) is 2.63. The lowest BCUT2D eigenvalue weighted by Crippen LogP contribution is -2.05. The van der Waals surface area contributed by atoms with Crippen LogP contribution in [0, 0.1) is 13.8 Å². The third-order valence-corrected chi connectivity index (χ3v) is 4.99. The molecule has 0 aliphatic carbocycles. The fraction of sp³-hybridized carbons (Fsp3) is 0.182. The number of benzene rings is 3. The Labute approximate surface area is 175 Å². The molecule has 140 valence electrons. The van der Waals surface area contributed by atoms with Crippen molar-refractivity contribution >= 4 is 40.5 Å². The number of anilines is 1. The Morgan fingerprint density at radius 2 is 1.59 bits per heavy atom. The molecule has 0 saturated carbocycles. The van der Waals surface area contributed by atoms with Crippen molar-refractivity contribution in [3.8, 4) is 5.75 Å². The van der Waals surface area contributed by atoms with Crippen molar-refractivity contribution in [2.24, 2.45) is 0 Å². The van der Waals surface area contributed by atoms with E-state index in [1.807, 2.05) is 43.3 Å². The van der Waals surface area contributed by atoms with Crippen molar-refractivity contribution < 1.29 is 4.74 Å². The molecule has 0 fully saturated rings. The molecule has 0 aliphatic rings. The van der Waals surface area contributed by atoms with Crippen molar-refractivity contribution in [2.75, 3.05) is 5.32 Å². The van der Waals surface area contributed by atoms with E-state index in [0.29, 0.717) is 34.0 Å². The van der Waals surface area contributed by atoms with Crippen LogP contribution in [-0.4, -0.2) is 0 Å². The van der Waals surface area contributed by atoms with E-state index in [2.05, 4.69) is 24.4 Å². The third kappa shape index (κ3) is 5.32. The molecule has 0 unspecified atom stereocenters. The predicted molar refractivity (Wildman–Crippen MR) is 115 cm³/mol. The van der Waals surface area contributed by atoms with Crippen molar-refractivity contribution in [1.82, 2.24) is 0 Å². The minimum atomic E-state index is 0.435. The van der Waals surface area contributed by atoms with Gasteiger partial charge in [-0.2, -0.15) is 0 Å². The summed E-state index contributed by atoms with van der Waals surface area (Å²) in [4.78, 5) is 0. The zero-order valence-electron chi connectivity index (χ0n) is 15.2. The molecule has 0 atom stereocenters. The Hall–Kier alpha value is -1.87. The molecule has 1 N–H and O–H groups in total. The molecule has 0 radical (unpaired) electrons. The van der Waals surface area contributed by atoms with E-state index in [1.165, 1.54) is 5.56 Å². The zero-order chi connectivity index (χ0) is 19.4. The summed E-state index contributed by atoms with van der Waals surface area (Å²) in [7, 11) is 0. The largest absolute Gasteiger partial charge is 0.487 e. The van der Waals surface area contributed by atoms with Gasteiger partial charge in [0.15, 0.2) is 0 Å². The summed E-state index contributed by atoms with van der Waals surface area (Å²) in [5, 5.41) is 5.14. The highest BCUT2D eigenvalue weighted by Crippen LogP contribution is 2.34. The highest BCUT2D eigenvalue weighted by Gasteiger charge is 2.12. The van der Waals surface area contributed by atoms with E-state index in [9.17, 15) is 0 Å². The smallest absolute Gasteiger partial charge is 0.143 e. The first kappa shape index (κ1) is 19.9. The SMILES string of the molecule is Cc1ccc(COc2c(Cl)cc(Cl)cc2CNc2cc(Cl)ccc2C)cc1. The van der Waals surface area contributed by atoms with Gasteiger partial charge in [-0.25, -0.2) is 0 Å². The summed E-state index contributed by atoms with van der Waals surface area (Å²) in [6.45, 7) is 5.04. The maximum Gasteiger partial charge on any atom is 0.143 e. The van der Waals surface area contributed by atoms with Gasteiger partial charge in [0, 0.05) is 27.8 Å². The van der Waals surface area contributed by atoms with Crippen LogP contribution in [0.25, 0.3) is 0 Å². The fourth-order valence-corrected chi connectivity index (χ4v) is 3.48. The summed E-state index contributed by atoms with van der Waals surface area (Å²) < 4.78 is 6.03. The maximum atomic E-state index is 6.41. The molecule has 5 heteroatoms. The first-order chi connectivity index (χ1) is 12.9. The third-order valence-electron chi connectivity index (χ3n) is 4.26. The predicted octanol–water partition coefficient (Wildman–Crippen LogP) is 7.45. The Kier molecular flexibility index (Phi) is 6.54. The lowest BCUT2D eigenvalue weighted by Gasteiger charge is -2.16. The van der Waals surface area contributed by atoms with Crippen LogP contribution in [0.2, 0.25) is 15.1 Å². The van der Waals surface area contributed by atoms with Crippen molar-refractivity contribution in [3.05, 3.63) is 91.9 Å². The van der Waals surface area contributed by atoms with E-state index in [1.54, 1.807) is 6.07 Å². The van der Waals surface area contributed by atoms with E-state index in [-0.39, 0.29) is 0 Å². The lowest BCUT2D eigenvalue weighted by molar-refractivity contribution is 0.303. The zero-order valence-corrected chi connectivity index (χ0v) is 17.4. The van der Waals surface area contributed by atoms with E-state index < -0.39 is 0 Å². The molecule has 0 amide bonds. The molecule has 3 aromatic rings. The molecule has 3 aromatic carbocycles. The van der Waals surface area contributed by atoms with Crippen molar-refractivity contribution in [1.29, 1.82) is 0 Å². The lowest BCUT2D eigenvalue weighted by atomic mass is 10.1. The molecular formula is C22H20Cl3NO. The topological polar surface area (TPSA) is 21.3 Å². The monoisotopic (exact) mass is 419 g/mol. The van der Waals surface area contributed by atoms with Gasteiger partial charge in [0.05, 0.1) is 5.02 Å². The highest BCUT2D eigenvalue weighted by molar-refractivity contribution is 6.35. The molecule has 27 heavy (non-hydrogen) atoms. The van der Waals surface area contributed by atoms with Crippen LogP contribution in [0.3, 0.4) is 0 Å². The van der Waals surface area contributed by atoms with Crippen LogP contribution in [0.1, 0.15) is 22.3 Å². The molecule has 0 aromatic heterocycles. The number of hydrogen-bond acceptors (Lipinski definition) is 2. The van der Waals surface area contributed by atoms with E-state index in [4.69, 9.17) is 39.5 Å². The molecule has 3 rings (SSSR count). The molecular weight excluding hydrogens is 401 g/mol. The van der Waals surface area contributed by atoms with Gasteiger partial charge in [-0.3, -0.25) is 0 Å². The summed E-state index contributed by atoms with van der Waals surface area (Å²) in [5.74, 6) is 0.633. The van der Waals surface area contributed by atoms with Crippen LogP contribution in [0.4, 0.5) is 5.69 Å². The van der Waals surface area contributed by atoms with Gasteiger partial charge in [-0.15, -0.1) is 0 Å². The van der Waals surface area contributed by atoms with Gasteiger partial charge in [-0.05, 0) is 49.2 Å². The number of aryl methyl sites for hydroxylation is 2. The number of nitrogens with one attached hydrogen (secondary N) is 1. The first-order valence-corrected chi connectivity index (χ1v) is 9.72. The molecule has 0 spiro atoms. The van der Waals surface area contributed by atoms with Gasteiger partial charge in [0.25, 0.3) is 0 Å². The second-order valence-electron chi connectivity index (χ2n) is 6.46. The molecule has 0 saturated heterocycles. The van der Waals surface area contributed by atoms with Crippen LogP contribution in [-0.2, 0) is 13.2 Å². The Bertz CT molecular complexity index is 939. The van der Waals surface area contributed by atoms with E-state index >= 15 is 0 Å². The summed E-state index contributed by atoms with van der Waals surface area (Å²) in [6.07, 6.45) is 0. The van der Waals surface area contributed by atoms with Gasteiger partial charge in [-0.1, -0.05) is 70.7 Å².